The Bertz CT molecular complexity index is 838. The number of hydrogen-bond acceptors (Lipinski definition) is 6. The fourth-order valence-electron chi connectivity index (χ4n) is 3.00. The highest BCUT2D eigenvalue weighted by Gasteiger charge is 2.17. The number of hydrogen-bond donors (Lipinski definition) is 1. The van der Waals surface area contributed by atoms with Crippen LogP contribution < -0.4 is 10.1 Å². The number of aryl methyl sites for hydroxylation is 2. The molecule has 0 aliphatic carbocycles. The van der Waals surface area contributed by atoms with Crippen LogP contribution in [-0.4, -0.2) is 47.6 Å². The van der Waals surface area contributed by atoms with Gasteiger partial charge < -0.3 is 19.5 Å². The summed E-state index contributed by atoms with van der Waals surface area (Å²) >= 11 is 0. The summed E-state index contributed by atoms with van der Waals surface area (Å²) in [7, 11) is 1.80. The first-order valence-corrected chi connectivity index (χ1v) is 9.25. The summed E-state index contributed by atoms with van der Waals surface area (Å²) in [5.74, 6) is -0.322. The van der Waals surface area contributed by atoms with Gasteiger partial charge in [-0.05, 0) is 51.0 Å². The number of carbonyl (C=O) groups excluding carboxylic acids is 2. The van der Waals surface area contributed by atoms with Crippen LogP contribution in [-0.2, 0) is 21.3 Å². The summed E-state index contributed by atoms with van der Waals surface area (Å²) < 4.78 is 17.9. The second kappa shape index (κ2) is 8.88. The maximum Gasteiger partial charge on any atom is 0.338 e. The quantitative estimate of drug-likeness (QED) is 0.734. The van der Waals surface area contributed by atoms with Crippen molar-refractivity contribution in [2.75, 3.05) is 25.1 Å². The summed E-state index contributed by atoms with van der Waals surface area (Å²) in [5, 5.41) is 6.96. The van der Waals surface area contributed by atoms with Crippen LogP contribution in [0.3, 0.4) is 0 Å². The van der Waals surface area contributed by atoms with Gasteiger partial charge in [0.1, 0.15) is 12.4 Å². The zero-order valence-corrected chi connectivity index (χ0v) is 16.4. The summed E-state index contributed by atoms with van der Waals surface area (Å²) in [6.07, 6.45) is 2.20. The molecule has 1 aliphatic rings. The number of rotatable bonds is 7. The van der Waals surface area contributed by atoms with Crippen molar-refractivity contribution >= 4 is 17.6 Å². The van der Waals surface area contributed by atoms with E-state index in [1.807, 2.05) is 6.92 Å². The average molecular weight is 387 g/mol. The topological polar surface area (TPSA) is 91.7 Å². The summed E-state index contributed by atoms with van der Waals surface area (Å²) in [5.41, 5.74) is 2.52. The molecule has 1 fully saturated rings. The molecule has 2 heterocycles. The van der Waals surface area contributed by atoms with Crippen LogP contribution in [0.5, 0.6) is 5.75 Å². The van der Waals surface area contributed by atoms with E-state index in [1.54, 1.807) is 42.9 Å². The molecule has 0 bridgehead atoms. The molecule has 1 aliphatic heterocycles. The molecule has 2 aromatic rings. The number of esters is 1. The van der Waals surface area contributed by atoms with E-state index in [4.69, 9.17) is 14.2 Å². The Balaban J connectivity index is 1.46. The normalized spacial score (nSPS) is 16.0. The number of anilines is 1. The monoisotopic (exact) mass is 387 g/mol. The Hall–Kier alpha value is -2.87. The Morgan fingerprint density at radius 1 is 1.29 bits per heavy atom. The van der Waals surface area contributed by atoms with Gasteiger partial charge in [0, 0.05) is 13.7 Å². The van der Waals surface area contributed by atoms with Gasteiger partial charge in [-0.3, -0.25) is 9.48 Å². The minimum absolute atomic E-state index is 0.134. The van der Waals surface area contributed by atoms with E-state index in [0.29, 0.717) is 29.3 Å². The van der Waals surface area contributed by atoms with Gasteiger partial charge in [-0.25, -0.2) is 4.79 Å². The average Bonchev–Trinajstić information content (AvgIpc) is 3.29. The number of ether oxygens (including phenoxy) is 3. The molecule has 0 spiro atoms. The third-order valence-corrected chi connectivity index (χ3v) is 4.66. The number of benzene rings is 1. The minimum Gasteiger partial charge on any atom is -0.491 e. The third-order valence-electron chi connectivity index (χ3n) is 4.66. The predicted octanol–water partition coefficient (Wildman–Crippen LogP) is 2.39. The van der Waals surface area contributed by atoms with Crippen molar-refractivity contribution in [2.45, 2.75) is 32.8 Å². The molecule has 3 rings (SSSR count). The molecule has 28 heavy (non-hydrogen) atoms. The zero-order valence-electron chi connectivity index (χ0n) is 16.4. The van der Waals surface area contributed by atoms with Crippen molar-refractivity contribution in [3.05, 3.63) is 41.2 Å². The lowest BCUT2D eigenvalue weighted by molar-refractivity contribution is -0.119. The molecule has 150 valence electrons. The highest BCUT2D eigenvalue weighted by Crippen LogP contribution is 2.19. The van der Waals surface area contributed by atoms with Crippen molar-refractivity contribution in [3.8, 4) is 5.75 Å². The molecular formula is C20H25N3O5. The van der Waals surface area contributed by atoms with Gasteiger partial charge in [-0.1, -0.05) is 0 Å². The van der Waals surface area contributed by atoms with Crippen LogP contribution in [0.25, 0.3) is 0 Å². The Labute approximate surface area is 163 Å². The maximum absolute atomic E-state index is 12.1. The first kappa shape index (κ1) is 19.9. The van der Waals surface area contributed by atoms with E-state index in [0.717, 1.165) is 25.1 Å². The van der Waals surface area contributed by atoms with Gasteiger partial charge in [0.15, 0.2) is 6.61 Å². The molecule has 1 aromatic heterocycles. The molecule has 1 aromatic carbocycles. The highest BCUT2D eigenvalue weighted by molar-refractivity contribution is 5.96. The third kappa shape index (κ3) is 4.89. The second-order valence-electron chi connectivity index (χ2n) is 6.76. The first-order valence-electron chi connectivity index (χ1n) is 9.25. The molecule has 0 radical (unpaired) electrons. The number of aromatic nitrogens is 2. The van der Waals surface area contributed by atoms with Gasteiger partial charge in [0.2, 0.25) is 0 Å². The maximum atomic E-state index is 12.1. The van der Waals surface area contributed by atoms with Gasteiger partial charge in [0.05, 0.1) is 28.7 Å². The van der Waals surface area contributed by atoms with Gasteiger partial charge >= 0.3 is 5.97 Å². The fraction of sp³-hybridized carbons (Fsp3) is 0.450. The predicted molar refractivity (Wildman–Crippen MR) is 103 cm³/mol. The molecule has 1 atom stereocenters. The lowest BCUT2D eigenvalue weighted by atomic mass is 10.2. The van der Waals surface area contributed by atoms with E-state index in [9.17, 15) is 9.59 Å². The van der Waals surface area contributed by atoms with Crippen LogP contribution in [0, 0.1) is 13.8 Å². The van der Waals surface area contributed by atoms with Gasteiger partial charge in [-0.15, -0.1) is 0 Å². The van der Waals surface area contributed by atoms with Crippen molar-refractivity contribution in [1.29, 1.82) is 0 Å². The number of carbonyl (C=O) groups is 2. The molecule has 0 saturated carbocycles. The van der Waals surface area contributed by atoms with Gasteiger partial charge in [0.25, 0.3) is 5.91 Å². The summed E-state index contributed by atoms with van der Waals surface area (Å²) in [6, 6.07) is 6.63. The highest BCUT2D eigenvalue weighted by atomic mass is 16.5. The standard InChI is InChI=1S/C20H25N3O5/c1-13-19(14(2)23(3)22-13)21-18(24)12-28-20(25)15-6-8-16(9-7-15)27-11-17-5-4-10-26-17/h6-9,17H,4-5,10-12H2,1-3H3,(H,21,24)/t17-/m0/s1. The van der Waals surface area contributed by atoms with Crippen LogP contribution in [0.2, 0.25) is 0 Å². The van der Waals surface area contributed by atoms with Crippen molar-refractivity contribution in [2.24, 2.45) is 7.05 Å². The molecular weight excluding hydrogens is 362 g/mol. The van der Waals surface area contributed by atoms with E-state index in [1.165, 1.54) is 0 Å². The minimum atomic E-state index is -0.569. The summed E-state index contributed by atoms with van der Waals surface area (Å²) in [6.45, 7) is 4.56. The molecule has 1 N–H and O–H groups in total. The first-order chi connectivity index (χ1) is 13.4. The van der Waals surface area contributed by atoms with Crippen molar-refractivity contribution in [1.82, 2.24) is 9.78 Å². The Morgan fingerprint density at radius 2 is 2.04 bits per heavy atom. The lowest BCUT2D eigenvalue weighted by Crippen LogP contribution is -2.21. The second-order valence-corrected chi connectivity index (χ2v) is 6.76. The molecule has 8 nitrogen and oxygen atoms in total. The lowest BCUT2D eigenvalue weighted by Gasteiger charge is -2.11. The number of amides is 1. The van der Waals surface area contributed by atoms with Crippen molar-refractivity contribution < 1.29 is 23.8 Å². The van der Waals surface area contributed by atoms with Crippen LogP contribution in [0.4, 0.5) is 5.69 Å². The Morgan fingerprint density at radius 3 is 2.64 bits per heavy atom. The Kier molecular flexibility index (Phi) is 6.30. The van der Waals surface area contributed by atoms with E-state index in [2.05, 4.69) is 10.4 Å². The largest absolute Gasteiger partial charge is 0.491 e. The molecule has 1 saturated heterocycles. The van der Waals surface area contributed by atoms with Crippen LogP contribution in [0.15, 0.2) is 24.3 Å². The van der Waals surface area contributed by atoms with Gasteiger partial charge in [-0.2, -0.15) is 5.10 Å². The van der Waals surface area contributed by atoms with E-state index >= 15 is 0 Å². The fourth-order valence-corrected chi connectivity index (χ4v) is 3.00. The smallest absolute Gasteiger partial charge is 0.338 e. The van der Waals surface area contributed by atoms with E-state index in [-0.39, 0.29) is 12.7 Å². The van der Waals surface area contributed by atoms with Crippen LogP contribution >= 0.6 is 0 Å². The van der Waals surface area contributed by atoms with Crippen LogP contribution in [0.1, 0.15) is 34.6 Å². The molecule has 0 unspecified atom stereocenters. The van der Waals surface area contributed by atoms with Crippen molar-refractivity contribution in [3.63, 3.8) is 0 Å². The zero-order chi connectivity index (χ0) is 20.1. The summed E-state index contributed by atoms with van der Waals surface area (Å²) in [4.78, 5) is 24.2. The SMILES string of the molecule is Cc1nn(C)c(C)c1NC(=O)COC(=O)c1ccc(OC[C@@H]2CCCO2)cc1. The molecule has 1 amide bonds. The molecule has 8 heteroatoms. The number of nitrogens with zero attached hydrogens (tertiary/aromatic N) is 2. The van der Waals surface area contributed by atoms with E-state index < -0.39 is 11.9 Å². The number of nitrogens with one attached hydrogen (secondary N) is 1.